The van der Waals surface area contributed by atoms with Crippen molar-refractivity contribution in [2.24, 2.45) is 0 Å². The minimum Gasteiger partial charge on any atom is -0.465 e. The molecule has 5 heteroatoms. The summed E-state index contributed by atoms with van der Waals surface area (Å²) in [5.74, 6) is 0. The minimum absolute atomic E-state index is 0.0586. The second-order valence-electron chi connectivity index (χ2n) is 4.52. The van der Waals surface area contributed by atoms with Crippen LogP contribution in [0.2, 0.25) is 0 Å². The third-order valence-electron chi connectivity index (χ3n) is 3.58. The molecule has 0 spiro atoms. The van der Waals surface area contributed by atoms with Gasteiger partial charge >= 0.3 is 6.09 Å². The Kier molecular flexibility index (Phi) is 1.90. The van der Waals surface area contributed by atoms with Gasteiger partial charge < -0.3 is 10.0 Å². The average molecular weight is 255 g/mol. The summed E-state index contributed by atoms with van der Waals surface area (Å²) in [6, 6.07) is 1.23. The van der Waals surface area contributed by atoms with Crippen molar-refractivity contribution in [3.63, 3.8) is 0 Å². The smallest absolute Gasteiger partial charge is 0.407 e. The van der Waals surface area contributed by atoms with E-state index in [0.717, 1.165) is 11.3 Å². The molecule has 2 aliphatic rings. The van der Waals surface area contributed by atoms with Crippen LogP contribution in [-0.2, 0) is 6.42 Å². The van der Waals surface area contributed by atoms with Gasteiger partial charge in [0, 0.05) is 34.7 Å². The van der Waals surface area contributed by atoms with E-state index in [1.165, 1.54) is 10.5 Å². The predicted molar refractivity (Wildman–Crippen MR) is 66.5 cm³/mol. The summed E-state index contributed by atoms with van der Waals surface area (Å²) in [4.78, 5) is 15.6. The number of fused-ring (bicyclic) bond motifs is 3. The molecule has 0 aliphatic carbocycles. The molecule has 1 aromatic heterocycles. The molecule has 4 nitrogen and oxygen atoms in total. The summed E-state index contributed by atoms with van der Waals surface area (Å²) >= 11 is 1.59. The molecular formula is C12H16N2O2S. The van der Waals surface area contributed by atoms with E-state index in [9.17, 15) is 9.90 Å². The van der Waals surface area contributed by atoms with Crippen molar-refractivity contribution in [2.45, 2.75) is 25.4 Å². The highest BCUT2D eigenvalue weighted by molar-refractivity contribution is 7.10. The van der Waals surface area contributed by atoms with Crippen molar-refractivity contribution in [3.05, 3.63) is 21.9 Å². The van der Waals surface area contributed by atoms with Gasteiger partial charge in [-0.2, -0.15) is 0 Å². The van der Waals surface area contributed by atoms with Gasteiger partial charge in [-0.25, -0.2) is 4.79 Å². The van der Waals surface area contributed by atoms with E-state index in [0.29, 0.717) is 13.1 Å². The van der Waals surface area contributed by atoms with Crippen molar-refractivity contribution < 1.29 is 14.0 Å². The van der Waals surface area contributed by atoms with Crippen molar-refractivity contribution in [2.75, 3.05) is 19.6 Å². The van der Waals surface area contributed by atoms with Gasteiger partial charge in [0.15, 0.2) is 0 Å². The van der Waals surface area contributed by atoms with Crippen LogP contribution in [0.5, 0.6) is 0 Å². The minimum atomic E-state index is -2.17. The van der Waals surface area contributed by atoms with E-state index in [-0.39, 0.29) is 12.6 Å². The van der Waals surface area contributed by atoms with Gasteiger partial charge in [0.25, 0.3) is 0 Å². The number of thiophene rings is 1. The second kappa shape index (κ2) is 3.99. The molecule has 3 rings (SSSR count). The highest BCUT2D eigenvalue weighted by Crippen LogP contribution is 2.37. The van der Waals surface area contributed by atoms with Crippen LogP contribution in [-0.4, -0.2) is 46.7 Å². The SMILES string of the molecule is [2H]C([2H])([2H])C1CN(C(=O)O)CC2c3sccc3CCN21. The molecule has 2 aliphatic heterocycles. The van der Waals surface area contributed by atoms with Crippen molar-refractivity contribution >= 4 is 17.4 Å². The molecular weight excluding hydrogens is 236 g/mol. The Balaban J connectivity index is 1.97. The molecule has 2 unspecified atom stereocenters. The molecule has 0 saturated carbocycles. The van der Waals surface area contributed by atoms with Gasteiger partial charge in [0.2, 0.25) is 0 Å². The zero-order chi connectivity index (χ0) is 14.5. The van der Waals surface area contributed by atoms with Crippen LogP contribution in [0.15, 0.2) is 11.4 Å². The quantitative estimate of drug-likeness (QED) is 0.771. The highest BCUT2D eigenvalue weighted by atomic mass is 32.1. The Morgan fingerprint density at radius 1 is 1.65 bits per heavy atom. The number of hydrogen-bond donors (Lipinski definition) is 1. The topological polar surface area (TPSA) is 43.8 Å². The first-order valence-electron chi connectivity index (χ1n) is 7.18. The van der Waals surface area contributed by atoms with E-state index in [2.05, 4.69) is 6.07 Å². The van der Waals surface area contributed by atoms with E-state index >= 15 is 0 Å². The fraction of sp³-hybridized carbons (Fsp3) is 0.583. The Morgan fingerprint density at radius 3 is 3.29 bits per heavy atom. The van der Waals surface area contributed by atoms with E-state index in [1.807, 2.05) is 10.3 Å². The Hall–Kier alpha value is -1.07. The van der Waals surface area contributed by atoms with Crippen molar-refractivity contribution in [1.29, 1.82) is 0 Å². The molecule has 3 heterocycles. The molecule has 1 aromatic rings. The molecule has 1 amide bonds. The lowest BCUT2D eigenvalue weighted by atomic mass is 9.96. The number of nitrogens with zero attached hydrogens (tertiary/aromatic N) is 2. The van der Waals surface area contributed by atoms with Crippen molar-refractivity contribution in [3.8, 4) is 0 Å². The van der Waals surface area contributed by atoms with Gasteiger partial charge in [-0.15, -0.1) is 11.3 Å². The molecule has 0 aromatic carbocycles. The van der Waals surface area contributed by atoms with Crippen LogP contribution >= 0.6 is 11.3 Å². The van der Waals surface area contributed by atoms with Gasteiger partial charge in [0.1, 0.15) is 0 Å². The summed E-state index contributed by atoms with van der Waals surface area (Å²) in [7, 11) is 0. The van der Waals surface area contributed by atoms with Gasteiger partial charge in [-0.3, -0.25) is 4.90 Å². The average Bonchev–Trinajstić information content (AvgIpc) is 2.84. The predicted octanol–water partition coefficient (Wildman–Crippen LogP) is 2.03. The van der Waals surface area contributed by atoms with E-state index < -0.39 is 19.0 Å². The van der Waals surface area contributed by atoms with E-state index in [4.69, 9.17) is 4.11 Å². The maximum atomic E-state index is 11.3. The van der Waals surface area contributed by atoms with Crippen LogP contribution < -0.4 is 0 Å². The number of hydrogen-bond acceptors (Lipinski definition) is 3. The van der Waals surface area contributed by atoms with E-state index in [1.54, 1.807) is 11.3 Å². The second-order valence-corrected chi connectivity index (χ2v) is 5.46. The third kappa shape index (κ3) is 1.73. The molecule has 0 bridgehead atoms. The molecule has 2 atom stereocenters. The molecule has 17 heavy (non-hydrogen) atoms. The maximum absolute atomic E-state index is 11.3. The molecule has 1 fully saturated rings. The fourth-order valence-electron chi connectivity index (χ4n) is 2.72. The van der Waals surface area contributed by atoms with Gasteiger partial charge in [-0.05, 0) is 30.3 Å². The molecule has 1 N–H and O–H groups in total. The van der Waals surface area contributed by atoms with Crippen LogP contribution in [0.1, 0.15) is 27.4 Å². The zero-order valence-electron chi connectivity index (χ0n) is 12.3. The Morgan fingerprint density at radius 2 is 2.53 bits per heavy atom. The third-order valence-corrected chi connectivity index (χ3v) is 4.64. The highest BCUT2D eigenvalue weighted by Gasteiger charge is 2.38. The van der Waals surface area contributed by atoms with Crippen LogP contribution in [0, 0.1) is 0 Å². The van der Waals surface area contributed by atoms with Gasteiger partial charge in [-0.1, -0.05) is 0 Å². The Bertz CT molecular complexity index is 531. The maximum Gasteiger partial charge on any atom is 0.407 e. The molecule has 92 valence electrons. The monoisotopic (exact) mass is 255 g/mol. The zero-order valence-corrected chi connectivity index (χ0v) is 10.1. The first-order valence-corrected chi connectivity index (χ1v) is 6.56. The normalized spacial score (nSPS) is 32.0. The molecule has 0 radical (unpaired) electrons. The largest absolute Gasteiger partial charge is 0.465 e. The first-order chi connectivity index (χ1) is 9.38. The Labute approximate surface area is 109 Å². The number of carboxylic acid groups (broad SMARTS) is 1. The standard InChI is InChI=1S/C12H16N2O2S/c1-8-6-13(12(15)16)7-10-11-9(3-5-17-11)2-4-14(8)10/h3,5,8,10H,2,4,6-7H2,1H3,(H,15,16)/i1D3. The number of piperazine rings is 1. The van der Waals surface area contributed by atoms with Crippen LogP contribution in [0.4, 0.5) is 4.79 Å². The summed E-state index contributed by atoms with van der Waals surface area (Å²) < 4.78 is 23.1. The fourth-order valence-corrected chi connectivity index (χ4v) is 3.78. The summed E-state index contributed by atoms with van der Waals surface area (Å²) in [6.07, 6.45) is -0.197. The van der Waals surface area contributed by atoms with Crippen LogP contribution in [0.3, 0.4) is 0 Å². The van der Waals surface area contributed by atoms with Gasteiger partial charge in [0.05, 0.1) is 6.04 Å². The number of carbonyl (C=O) groups is 1. The summed E-state index contributed by atoms with van der Waals surface area (Å²) in [5.41, 5.74) is 1.23. The summed E-state index contributed by atoms with van der Waals surface area (Å²) in [6.45, 7) is -1.06. The molecule has 1 saturated heterocycles. The lowest BCUT2D eigenvalue weighted by Gasteiger charge is -2.46. The van der Waals surface area contributed by atoms with Crippen LogP contribution in [0.25, 0.3) is 0 Å². The van der Waals surface area contributed by atoms with Crippen molar-refractivity contribution in [1.82, 2.24) is 9.80 Å². The lowest BCUT2D eigenvalue weighted by molar-refractivity contribution is 0.0289. The first kappa shape index (κ1) is 8.11. The number of amides is 1. The summed E-state index contributed by atoms with van der Waals surface area (Å²) in [5, 5.41) is 11.2. The number of rotatable bonds is 0. The lowest BCUT2D eigenvalue weighted by Crippen LogP contribution is -2.56.